The van der Waals surface area contributed by atoms with E-state index < -0.39 is 5.41 Å². The second-order valence-electron chi connectivity index (χ2n) is 5.44. The zero-order valence-electron chi connectivity index (χ0n) is 10.7. The van der Waals surface area contributed by atoms with E-state index in [1.165, 1.54) is 6.42 Å². The summed E-state index contributed by atoms with van der Waals surface area (Å²) < 4.78 is 0. The monoisotopic (exact) mass is 232 g/mol. The lowest BCUT2D eigenvalue weighted by molar-refractivity contribution is -0.138. The smallest absolute Gasteiger partial charge is 0.175 e. The number of rotatable bonds is 2. The van der Waals surface area contributed by atoms with Crippen molar-refractivity contribution in [1.82, 2.24) is 0 Å². The predicted molar refractivity (Wildman–Crippen MR) is 67.6 cm³/mol. The highest BCUT2D eigenvalue weighted by molar-refractivity contribution is 6.16. The zero-order chi connectivity index (χ0) is 12.5. The molecule has 0 aliphatic heterocycles. The van der Waals surface area contributed by atoms with Crippen molar-refractivity contribution in [1.29, 1.82) is 0 Å². The number of carbonyl (C=O) groups excluding carboxylic acids is 2. The summed E-state index contributed by atoms with van der Waals surface area (Å²) in [6.07, 6.45) is 10.8. The molecule has 0 N–H and O–H groups in total. The van der Waals surface area contributed by atoms with Crippen LogP contribution in [0.5, 0.6) is 0 Å². The molecular formula is C15H20O2. The van der Waals surface area contributed by atoms with E-state index in [9.17, 15) is 9.59 Å². The van der Waals surface area contributed by atoms with Crippen LogP contribution in [-0.4, -0.2) is 11.6 Å². The zero-order valence-corrected chi connectivity index (χ0v) is 10.7. The largest absolute Gasteiger partial charge is 0.298 e. The molecule has 0 aromatic carbocycles. The molecule has 1 unspecified atom stereocenters. The van der Waals surface area contributed by atoms with Gasteiger partial charge in [0, 0.05) is 5.92 Å². The quantitative estimate of drug-likeness (QED) is 0.685. The van der Waals surface area contributed by atoms with Gasteiger partial charge in [0.2, 0.25) is 0 Å². The Morgan fingerprint density at radius 2 is 1.94 bits per heavy atom. The standard InChI is InChI=1S/C15H20O2/c1-11-7-6-10-15(2,13(11)16)14(17)12-8-4-3-5-9-12/h6-7,10,12H,3-5,8-9H2,1-2H3. The van der Waals surface area contributed by atoms with Crippen molar-refractivity contribution in [2.75, 3.05) is 0 Å². The fourth-order valence-corrected chi connectivity index (χ4v) is 2.93. The van der Waals surface area contributed by atoms with Crippen LogP contribution in [0.2, 0.25) is 0 Å². The van der Waals surface area contributed by atoms with Crippen molar-refractivity contribution in [2.45, 2.75) is 46.0 Å². The first kappa shape index (κ1) is 12.3. The van der Waals surface area contributed by atoms with Gasteiger partial charge in [0.25, 0.3) is 0 Å². The van der Waals surface area contributed by atoms with Crippen molar-refractivity contribution in [3.8, 4) is 0 Å². The van der Waals surface area contributed by atoms with Crippen LogP contribution in [0, 0.1) is 11.3 Å². The summed E-state index contributed by atoms with van der Waals surface area (Å²) >= 11 is 0. The minimum absolute atomic E-state index is 0.0180. The van der Waals surface area contributed by atoms with Crippen molar-refractivity contribution in [2.24, 2.45) is 11.3 Å². The van der Waals surface area contributed by atoms with Gasteiger partial charge in [0.1, 0.15) is 5.41 Å². The minimum Gasteiger partial charge on any atom is -0.298 e. The number of carbonyl (C=O) groups is 2. The SMILES string of the molecule is CC1=CC=CC(C)(C(=O)C2CCCCC2)C1=O. The highest BCUT2D eigenvalue weighted by Gasteiger charge is 2.43. The van der Waals surface area contributed by atoms with Gasteiger partial charge in [-0.2, -0.15) is 0 Å². The second-order valence-corrected chi connectivity index (χ2v) is 5.44. The minimum atomic E-state index is -0.902. The normalized spacial score (nSPS) is 30.2. The van der Waals surface area contributed by atoms with Gasteiger partial charge in [0.15, 0.2) is 11.6 Å². The third kappa shape index (κ3) is 2.13. The van der Waals surface area contributed by atoms with E-state index >= 15 is 0 Å². The van der Waals surface area contributed by atoms with E-state index in [4.69, 9.17) is 0 Å². The van der Waals surface area contributed by atoms with Crippen molar-refractivity contribution in [3.63, 3.8) is 0 Å². The second kappa shape index (κ2) is 4.59. The van der Waals surface area contributed by atoms with Crippen LogP contribution in [-0.2, 0) is 9.59 Å². The molecule has 2 heteroatoms. The van der Waals surface area contributed by atoms with Crippen molar-refractivity contribution >= 4 is 11.6 Å². The molecule has 1 fully saturated rings. The van der Waals surface area contributed by atoms with E-state index in [0.717, 1.165) is 25.7 Å². The number of ketones is 2. The molecule has 0 spiro atoms. The highest BCUT2D eigenvalue weighted by Crippen LogP contribution is 2.36. The van der Waals surface area contributed by atoms with Gasteiger partial charge < -0.3 is 0 Å². The van der Waals surface area contributed by atoms with Gasteiger partial charge in [-0.05, 0) is 32.3 Å². The van der Waals surface area contributed by atoms with Crippen LogP contribution in [0.1, 0.15) is 46.0 Å². The highest BCUT2D eigenvalue weighted by atomic mass is 16.2. The van der Waals surface area contributed by atoms with Gasteiger partial charge in [0.05, 0.1) is 0 Å². The van der Waals surface area contributed by atoms with Gasteiger partial charge in [-0.25, -0.2) is 0 Å². The van der Waals surface area contributed by atoms with Crippen LogP contribution >= 0.6 is 0 Å². The van der Waals surface area contributed by atoms with Gasteiger partial charge in [-0.15, -0.1) is 0 Å². The van der Waals surface area contributed by atoms with E-state index in [0.29, 0.717) is 5.57 Å². The van der Waals surface area contributed by atoms with Crippen LogP contribution < -0.4 is 0 Å². The summed E-state index contributed by atoms with van der Waals surface area (Å²) in [6.45, 7) is 3.57. The Kier molecular flexibility index (Phi) is 3.32. The molecular weight excluding hydrogens is 212 g/mol. The van der Waals surface area contributed by atoms with Crippen LogP contribution in [0.15, 0.2) is 23.8 Å². The number of Topliss-reactive ketones (excluding diaryl/α,β-unsaturated/α-hetero) is 2. The van der Waals surface area contributed by atoms with Crippen LogP contribution in [0.4, 0.5) is 0 Å². The van der Waals surface area contributed by atoms with Crippen LogP contribution in [0.3, 0.4) is 0 Å². The van der Waals surface area contributed by atoms with Gasteiger partial charge in [-0.3, -0.25) is 9.59 Å². The molecule has 1 atom stereocenters. The molecule has 2 rings (SSSR count). The first-order valence-electron chi connectivity index (χ1n) is 6.51. The van der Waals surface area contributed by atoms with Crippen molar-refractivity contribution in [3.05, 3.63) is 23.8 Å². The first-order chi connectivity index (χ1) is 8.05. The molecule has 0 heterocycles. The van der Waals surface area contributed by atoms with Crippen LogP contribution in [0.25, 0.3) is 0 Å². The number of hydrogen-bond acceptors (Lipinski definition) is 2. The molecule has 0 aromatic rings. The Labute approximate surface area is 103 Å². The summed E-state index contributed by atoms with van der Waals surface area (Å²) in [7, 11) is 0. The molecule has 2 nitrogen and oxygen atoms in total. The van der Waals surface area contributed by atoms with Gasteiger partial charge >= 0.3 is 0 Å². The number of allylic oxidation sites excluding steroid dienone is 4. The Morgan fingerprint density at radius 3 is 2.59 bits per heavy atom. The molecule has 0 radical (unpaired) electrons. The summed E-state index contributed by atoms with van der Waals surface area (Å²) in [5, 5.41) is 0. The number of hydrogen-bond donors (Lipinski definition) is 0. The molecule has 0 aromatic heterocycles. The molecule has 0 saturated heterocycles. The third-order valence-corrected chi connectivity index (χ3v) is 4.09. The fourth-order valence-electron chi connectivity index (χ4n) is 2.93. The average molecular weight is 232 g/mol. The third-order valence-electron chi connectivity index (χ3n) is 4.09. The Hall–Kier alpha value is -1.18. The summed E-state index contributed by atoms with van der Waals surface area (Å²) in [5.41, 5.74) is -0.208. The van der Waals surface area contributed by atoms with Gasteiger partial charge in [-0.1, -0.05) is 37.5 Å². The average Bonchev–Trinajstić information content (AvgIpc) is 2.36. The molecule has 92 valence electrons. The molecule has 2 aliphatic carbocycles. The lowest BCUT2D eigenvalue weighted by Gasteiger charge is -2.31. The van der Waals surface area contributed by atoms with Crippen molar-refractivity contribution < 1.29 is 9.59 Å². The maximum atomic E-state index is 12.5. The molecule has 0 bridgehead atoms. The van der Waals surface area contributed by atoms with E-state index in [-0.39, 0.29) is 17.5 Å². The Balaban J connectivity index is 2.20. The lowest BCUT2D eigenvalue weighted by Crippen LogP contribution is -2.41. The molecule has 0 amide bonds. The molecule has 17 heavy (non-hydrogen) atoms. The maximum absolute atomic E-state index is 12.5. The molecule has 1 saturated carbocycles. The predicted octanol–water partition coefficient (Wildman–Crippen LogP) is 3.23. The Morgan fingerprint density at radius 1 is 1.29 bits per heavy atom. The summed E-state index contributed by atoms with van der Waals surface area (Å²) in [5.74, 6) is 0.203. The summed E-state index contributed by atoms with van der Waals surface area (Å²) in [6, 6.07) is 0. The topological polar surface area (TPSA) is 34.1 Å². The lowest BCUT2D eigenvalue weighted by atomic mass is 9.69. The summed E-state index contributed by atoms with van der Waals surface area (Å²) in [4.78, 5) is 24.7. The van der Waals surface area contributed by atoms with E-state index in [1.807, 2.05) is 6.08 Å². The van der Waals surface area contributed by atoms with E-state index in [1.54, 1.807) is 26.0 Å². The molecule has 2 aliphatic rings. The Bertz CT molecular complexity index is 397. The maximum Gasteiger partial charge on any atom is 0.175 e. The first-order valence-corrected chi connectivity index (χ1v) is 6.51. The fraction of sp³-hybridized carbons (Fsp3) is 0.600. The van der Waals surface area contributed by atoms with E-state index in [2.05, 4.69) is 0 Å².